The minimum atomic E-state index is -0.888. The molecule has 3 rings (SSSR count). The number of hydrogen-bond donors (Lipinski definition) is 1. The van der Waals surface area contributed by atoms with Gasteiger partial charge in [-0.3, -0.25) is 4.79 Å². The molecule has 24 heavy (non-hydrogen) atoms. The van der Waals surface area contributed by atoms with Gasteiger partial charge < -0.3 is 19.5 Å². The summed E-state index contributed by atoms with van der Waals surface area (Å²) in [5.74, 6) is -0.731. The number of aliphatic carboxylic acids is 1. The molecule has 1 saturated carbocycles. The van der Waals surface area contributed by atoms with E-state index in [0.29, 0.717) is 18.9 Å². The van der Waals surface area contributed by atoms with Gasteiger partial charge in [0.15, 0.2) is 0 Å². The molecule has 3 aliphatic rings. The van der Waals surface area contributed by atoms with Crippen molar-refractivity contribution < 1.29 is 24.2 Å². The molecule has 0 aromatic heterocycles. The van der Waals surface area contributed by atoms with Gasteiger partial charge in [-0.25, -0.2) is 4.79 Å². The van der Waals surface area contributed by atoms with Crippen LogP contribution >= 0.6 is 0 Å². The van der Waals surface area contributed by atoms with Crippen LogP contribution in [0.2, 0.25) is 0 Å². The van der Waals surface area contributed by atoms with Crippen molar-refractivity contribution in [2.75, 3.05) is 13.2 Å². The number of carbonyl (C=O) groups excluding carboxylic acids is 1. The lowest BCUT2D eigenvalue weighted by molar-refractivity contribution is -0.157. The predicted molar refractivity (Wildman–Crippen MR) is 87.6 cm³/mol. The monoisotopic (exact) mass is 339 g/mol. The molecule has 0 aromatic rings. The highest BCUT2D eigenvalue weighted by molar-refractivity contribution is 5.87. The zero-order valence-electron chi connectivity index (χ0n) is 14.5. The number of hydrogen-bond acceptors (Lipinski definition) is 4. The summed E-state index contributed by atoms with van der Waals surface area (Å²) in [6.07, 6.45) is 7.38. The summed E-state index contributed by atoms with van der Waals surface area (Å²) in [5, 5.41) is 9.54. The Morgan fingerprint density at radius 3 is 2.67 bits per heavy atom. The second-order valence-corrected chi connectivity index (χ2v) is 7.41. The van der Waals surface area contributed by atoms with E-state index in [1.54, 1.807) is 11.8 Å². The normalized spacial score (nSPS) is 34.6. The highest BCUT2D eigenvalue weighted by Crippen LogP contribution is 2.40. The molecule has 0 unspecified atom stereocenters. The molecular formula is C18H29NO5. The number of rotatable bonds is 5. The van der Waals surface area contributed by atoms with Crippen LogP contribution in [0.15, 0.2) is 0 Å². The maximum Gasteiger partial charge on any atom is 0.326 e. The van der Waals surface area contributed by atoms with E-state index in [2.05, 4.69) is 0 Å². The van der Waals surface area contributed by atoms with Crippen molar-refractivity contribution >= 4 is 11.9 Å². The zero-order valence-corrected chi connectivity index (χ0v) is 14.5. The van der Waals surface area contributed by atoms with Gasteiger partial charge in [-0.2, -0.15) is 0 Å². The molecule has 0 spiro atoms. The second kappa shape index (κ2) is 7.83. The Morgan fingerprint density at radius 1 is 1.21 bits per heavy atom. The first kappa shape index (κ1) is 17.7. The third-order valence-electron chi connectivity index (χ3n) is 5.78. The van der Waals surface area contributed by atoms with E-state index in [0.717, 1.165) is 51.6 Å². The molecule has 2 aliphatic heterocycles. The average molecular weight is 339 g/mol. The van der Waals surface area contributed by atoms with Gasteiger partial charge in [0, 0.05) is 12.6 Å². The Hall–Kier alpha value is -1.14. The molecule has 136 valence electrons. The van der Waals surface area contributed by atoms with Crippen molar-refractivity contribution in [3.05, 3.63) is 0 Å². The summed E-state index contributed by atoms with van der Waals surface area (Å²) >= 11 is 0. The predicted octanol–water partition coefficient (Wildman–Crippen LogP) is 2.20. The molecule has 0 radical (unpaired) electrons. The fourth-order valence-corrected chi connectivity index (χ4v) is 4.47. The summed E-state index contributed by atoms with van der Waals surface area (Å²) in [7, 11) is 0. The van der Waals surface area contributed by atoms with Gasteiger partial charge in [0.1, 0.15) is 12.1 Å². The van der Waals surface area contributed by atoms with Crippen molar-refractivity contribution in [3.8, 4) is 0 Å². The van der Waals surface area contributed by atoms with Gasteiger partial charge in [-0.1, -0.05) is 12.8 Å². The molecule has 1 aliphatic carbocycles. The Kier molecular flexibility index (Phi) is 5.76. The van der Waals surface area contributed by atoms with Crippen molar-refractivity contribution in [1.29, 1.82) is 0 Å². The molecule has 5 atom stereocenters. The SMILES string of the molecule is C[C@H](OC[C@@H]1CCCCO1)C(=O)N1[C@@H]2CCCC[C@H]2C[C@H]1C(=O)O. The first-order valence-electron chi connectivity index (χ1n) is 9.36. The Morgan fingerprint density at radius 2 is 1.96 bits per heavy atom. The largest absolute Gasteiger partial charge is 0.480 e. The Balaban J connectivity index is 1.61. The molecular weight excluding hydrogens is 310 g/mol. The number of carboxylic acid groups (broad SMARTS) is 1. The van der Waals surface area contributed by atoms with Crippen LogP contribution < -0.4 is 0 Å². The van der Waals surface area contributed by atoms with E-state index in [1.165, 1.54) is 0 Å². The summed E-state index contributed by atoms with van der Waals surface area (Å²) in [6.45, 7) is 2.90. The maximum atomic E-state index is 12.9. The fourth-order valence-electron chi connectivity index (χ4n) is 4.47. The number of nitrogens with zero attached hydrogens (tertiary/aromatic N) is 1. The first-order valence-corrected chi connectivity index (χ1v) is 9.36. The number of carboxylic acids is 1. The number of carbonyl (C=O) groups is 2. The first-order chi connectivity index (χ1) is 11.6. The lowest BCUT2D eigenvalue weighted by Crippen LogP contribution is -2.50. The van der Waals surface area contributed by atoms with Crippen LogP contribution in [0, 0.1) is 5.92 Å². The quantitative estimate of drug-likeness (QED) is 0.831. The van der Waals surface area contributed by atoms with E-state index in [1.807, 2.05) is 0 Å². The van der Waals surface area contributed by atoms with E-state index >= 15 is 0 Å². The van der Waals surface area contributed by atoms with Crippen molar-refractivity contribution in [1.82, 2.24) is 4.90 Å². The van der Waals surface area contributed by atoms with Crippen LogP contribution in [0.4, 0.5) is 0 Å². The number of likely N-dealkylation sites (tertiary alicyclic amines) is 1. The molecule has 6 nitrogen and oxygen atoms in total. The minimum absolute atomic E-state index is 0.0604. The summed E-state index contributed by atoms with van der Waals surface area (Å²) in [6, 6.07) is -0.619. The summed E-state index contributed by atoms with van der Waals surface area (Å²) < 4.78 is 11.4. The molecule has 0 bridgehead atoms. The molecule has 2 saturated heterocycles. The van der Waals surface area contributed by atoms with Crippen LogP contribution in [-0.2, 0) is 19.1 Å². The maximum absolute atomic E-state index is 12.9. The molecule has 2 heterocycles. The minimum Gasteiger partial charge on any atom is -0.480 e. The molecule has 1 N–H and O–H groups in total. The zero-order chi connectivity index (χ0) is 17.1. The van der Waals surface area contributed by atoms with Crippen LogP contribution in [0.3, 0.4) is 0 Å². The number of amides is 1. The summed E-state index contributed by atoms with van der Waals surface area (Å²) in [4.78, 5) is 26.1. The molecule has 1 amide bonds. The van der Waals surface area contributed by atoms with Crippen LogP contribution in [0.5, 0.6) is 0 Å². The average Bonchev–Trinajstić information content (AvgIpc) is 2.99. The smallest absolute Gasteiger partial charge is 0.326 e. The highest BCUT2D eigenvalue weighted by Gasteiger charge is 2.48. The Bertz CT molecular complexity index is 462. The van der Waals surface area contributed by atoms with Gasteiger partial charge in [0.25, 0.3) is 5.91 Å². The van der Waals surface area contributed by atoms with Crippen molar-refractivity contribution in [2.24, 2.45) is 5.92 Å². The number of ether oxygens (including phenoxy) is 2. The van der Waals surface area contributed by atoms with Gasteiger partial charge >= 0.3 is 5.97 Å². The van der Waals surface area contributed by atoms with Crippen LogP contribution in [0.1, 0.15) is 58.3 Å². The van der Waals surface area contributed by atoms with Gasteiger partial charge in [-0.05, 0) is 51.4 Å². The summed E-state index contributed by atoms with van der Waals surface area (Å²) in [5.41, 5.74) is 0. The van der Waals surface area contributed by atoms with E-state index in [9.17, 15) is 14.7 Å². The molecule has 0 aromatic carbocycles. The number of fused-ring (bicyclic) bond motifs is 1. The topological polar surface area (TPSA) is 76.1 Å². The molecule has 6 heteroatoms. The standard InChI is InChI=1S/C18H29NO5/c1-12(24-11-14-7-4-5-9-23-14)17(20)19-15-8-3-2-6-13(15)10-16(19)18(21)22/h12-16H,2-11H2,1H3,(H,21,22)/t12-,13-,14-,15+,16-/m0/s1. The van der Waals surface area contributed by atoms with Gasteiger partial charge in [0.05, 0.1) is 12.7 Å². The Labute approximate surface area is 143 Å². The third-order valence-corrected chi connectivity index (χ3v) is 5.78. The second-order valence-electron chi connectivity index (χ2n) is 7.41. The van der Waals surface area contributed by atoms with Gasteiger partial charge in [-0.15, -0.1) is 0 Å². The van der Waals surface area contributed by atoms with E-state index in [4.69, 9.17) is 9.47 Å². The van der Waals surface area contributed by atoms with Crippen LogP contribution in [0.25, 0.3) is 0 Å². The highest BCUT2D eigenvalue weighted by atomic mass is 16.5. The lowest BCUT2D eigenvalue weighted by Gasteiger charge is -2.34. The van der Waals surface area contributed by atoms with Gasteiger partial charge in [0.2, 0.25) is 0 Å². The fraction of sp³-hybridized carbons (Fsp3) is 0.889. The van der Waals surface area contributed by atoms with E-state index in [-0.39, 0.29) is 18.1 Å². The van der Waals surface area contributed by atoms with E-state index < -0.39 is 18.1 Å². The van der Waals surface area contributed by atoms with Crippen LogP contribution in [-0.4, -0.2) is 59.4 Å². The molecule has 3 fully saturated rings. The third kappa shape index (κ3) is 3.75. The van der Waals surface area contributed by atoms with Crippen molar-refractivity contribution in [3.63, 3.8) is 0 Å². The van der Waals surface area contributed by atoms with Crippen molar-refractivity contribution in [2.45, 2.75) is 82.6 Å². The lowest BCUT2D eigenvalue weighted by atomic mass is 9.84.